The quantitative estimate of drug-likeness (QED) is 0.222. The molecule has 0 saturated carbocycles. The van der Waals surface area contributed by atoms with Crippen LogP contribution in [-0.4, -0.2) is 67.8 Å². The first-order valence-corrected chi connectivity index (χ1v) is 16.2. The van der Waals surface area contributed by atoms with E-state index >= 15 is 0 Å². The van der Waals surface area contributed by atoms with Crippen molar-refractivity contribution in [1.29, 1.82) is 0 Å². The first kappa shape index (κ1) is 29.5. The fourth-order valence-corrected chi connectivity index (χ4v) is 10.6. The number of hydrogen-bond acceptors (Lipinski definition) is 7. The molecule has 2 atom stereocenters. The molecule has 0 rings (SSSR count). The van der Waals surface area contributed by atoms with E-state index in [2.05, 4.69) is 13.8 Å². The lowest BCUT2D eigenvalue weighted by atomic mass is 10.4. The van der Waals surface area contributed by atoms with E-state index in [1.54, 1.807) is 0 Å². The predicted molar refractivity (Wildman–Crippen MR) is 127 cm³/mol. The summed E-state index contributed by atoms with van der Waals surface area (Å²) in [5.74, 6) is 0. The summed E-state index contributed by atoms with van der Waals surface area (Å²) in [5.41, 5.74) is 0. The smallest absolute Gasteiger partial charge is 0.374 e. The molecular formula is C20H46O6SSi2. The third-order valence-electron chi connectivity index (χ3n) is 4.36. The van der Waals surface area contributed by atoms with E-state index in [0.717, 1.165) is 24.9 Å². The third kappa shape index (κ3) is 12.2. The predicted octanol–water partition coefficient (Wildman–Crippen LogP) is 5.37. The maximum Gasteiger partial charge on any atom is 0.500 e. The second kappa shape index (κ2) is 17.1. The summed E-state index contributed by atoms with van der Waals surface area (Å²) in [7, 11) is -5.11. The van der Waals surface area contributed by atoms with Crippen LogP contribution in [0.15, 0.2) is 0 Å². The van der Waals surface area contributed by atoms with Crippen LogP contribution in [0.5, 0.6) is 0 Å². The summed E-state index contributed by atoms with van der Waals surface area (Å²) in [6.45, 7) is 20.4. The Hall–Kier alpha value is 0.544. The third-order valence-corrected chi connectivity index (χ3v) is 11.9. The molecule has 0 N–H and O–H groups in total. The Kier molecular flexibility index (Phi) is 17.5. The van der Waals surface area contributed by atoms with Crippen molar-refractivity contribution in [3.8, 4) is 0 Å². The molecule has 0 fully saturated rings. The van der Waals surface area contributed by atoms with Crippen LogP contribution in [0.4, 0.5) is 0 Å². The second-order valence-electron chi connectivity index (χ2n) is 6.80. The molecule has 0 aliphatic rings. The monoisotopic (exact) mass is 470 g/mol. The molecule has 0 aromatic heterocycles. The topological polar surface area (TPSA) is 55.4 Å². The first-order chi connectivity index (χ1) is 13.9. The number of thioether (sulfide) groups is 1. The van der Waals surface area contributed by atoms with Gasteiger partial charge in [-0.15, -0.1) is 0 Å². The average Bonchev–Trinajstić information content (AvgIpc) is 2.66. The first-order valence-electron chi connectivity index (χ1n) is 11.3. The highest BCUT2D eigenvalue weighted by atomic mass is 32.2. The van der Waals surface area contributed by atoms with Gasteiger partial charge in [-0.3, -0.25) is 0 Å². The Labute approximate surface area is 186 Å². The lowest BCUT2D eigenvalue weighted by Crippen LogP contribution is -2.46. The van der Waals surface area contributed by atoms with Gasteiger partial charge >= 0.3 is 17.6 Å². The molecule has 0 aliphatic carbocycles. The second-order valence-corrected chi connectivity index (χ2v) is 14.1. The number of hydrogen-bond donors (Lipinski definition) is 0. The van der Waals surface area contributed by atoms with Crippen molar-refractivity contribution in [3.63, 3.8) is 0 Å². The Bertz CT molecular complexity index is 324. The molecule has 0 aliphatic heterocycles. The van der Waals surface area contributed by atoms with Crippen molar-refractivity contribution in [2.75, 3.05) is 39.6 Å². The van der Waals surface area contributed by atoms with Gasteiger partial charge in [-0.1, -0.05) is 13.8 Å². The normalized spacial score (nSPS) is 14.9. The maximum absolute atomic E-state index is 5.98. The zero-order valence-corrected chi connectivity index (χ0v) is 22.9. The van der Waals surface area contributed by atoms with Gasteiger partial charge in [-0.25, -0.2) is 0 Å². The highest BCUT2D eigenvalue weighted by Gasteiger charge is 2.41. The van der Waals surface area contributed by atoms with Crippen molar-refractivity contribution in [2.24, 2.45) is 0 Å². The number of rotatable bonds is 20. The SMILES string of the molecule is CCO[Si](CCC(C)SC(C)CC[Si](OCC)(OCC)OCC)(OCC)OCC. The van der Waals surface area contributed by atoms with Crippen molar-refractivity contribution in [1.82, 2.24) is 0 Å². The van der Waals surface area contributed by atoms with Crippen LogP contribution >= 0.6 is 11.8 Å². The van der Waals surface area contributed by atoms with Crippen molar-refractivity contribution >= 4 is 29.4 Å². The maximum atomic E-state index is 5.98. The van der Waals surface area contributed by atoms with Gasteiger partial charge in [0.05, 0.1) is 0 Å². The Morgan fingerprint density at radius 2 is 0.759 bits per heavy atom. The van der Waals surface area contributed by atoms with Gasteiger partial charge in [0.1, 0.15) is 0 Å². The summed E-state index contributed by atoms with van der Waals surface area (Å²) in [4.78, 5) is 0. The van der Waals surface area contributed by atoms with Gasteiger partial charge in [0.25, 0.3) is 0 Å². The molecule has 2 unspecified atom stereocenters. The summed E-state index contributed by atoms with van der Waals surface area (Å²) >= 11 is 2.00. The molecule has 176 valence electrons. The van der Waals surface area contributed by atoms with Gasteiger partial charge in [-0.05, 0) is 54.4 Å². The zero-order chi connectivity index (χ0) is 22.2. The lowest BCUT2D eigenvalue weighted by molar-refractivity contribution is 0.0702. The van der Waals surface area contributed by atoms with E-state index in [0.29, 0.717) is 50.1 Å². The lowest BCUT2D eigenvalue weighted by Gasteiger charge is -2.30. The molecule has 0 heterocycles. The van der Waals surface area contributed by atoms with E-state index in [-0.39, 0.29) is 0 Å². The molecule has 0 bridgehead atoms. The molecule has 0 radical (unpaired) electrons. The van der Waals surface area contributed by atoms with E-state index in [1.165, 1.54) is 0 Å². The molecular weight excluding hydrogens is 424 g/mol. The summed E-state index contributed by atoms with van der Waals surface area (Å²) < 4.78 is 35.9. The van der Waals surface area contributed by atoms with E-state index in [1.807, 2.05) is 53.3 Å². The Morgan fingerprint density at radius 3 is 0.966 bits per heavy atom. The van der Waals surface area contributed by atoms with Crippen molar-refractivity contribution in [2.45, 2.75) is 90.8 Å². The van der Waals surface area contributed by atoms with Crippen molar-refractivity contribution in [3.05, 3.63) is 0 Å². The van der Waals surface area contributed by atoms with E-state index in [4.69, 9.17) is 26.6 Å². The largest absolute Gasteiger partial charge is 0.500 e. The van der Waals surface area contributed by atoms with Crippen LogP contribution in [0, 0.1) is 0 Å². The Balaban J connectivity index is 4.68. The fourth-order valence-electron chi connectivity index (χ4n) is 3.30. The molecule has 0 saturated heterocycles. The molecule has 0 amide bonds. The minimum atomic E-state index is -2.56. The summed E-state index contributed by atoms with van der Waals surface area (Å²) in [5, 5.41) is 1.00. The summed E-state index contributed by atoms with van der Waals surface area (Å²) in [6, 6.07) is 1.72. The minimum absolute atomic E-state index is 0.501. The van der Waals surface area contributed by atoms with E-state index < -0.39 is 17.6 Å². The fraction of sp³-hybridized carbons (Fsp3) is 1.00. The van der Waals surface area contributed by atoms with E-state index in [9.17, 15) is 0 Å². The standard InChI is InChI=1S/C20H46O6SSi2/c1-9-21-28(22-10-2,23-11-3)17-15-19(7)27-20(8)16-18-29(24-12-4,25-13-5)26-14-6/h19-20H,9-18H2,1-8H3. The zero-order valence-electron chi connectivity index (χ0n) is 20.1. The molecule has 9 heteroatoms. The van der Waals surface area contributed by atoms with Gasteiger partial charge in [0, 0.05) is 62.2 Å². The van der Waals surface area contributed by atoms with Gasteiger partial charge < -0.3 is 26.6 Å². The molecule has 29 heavy (non-hydrogen) atoms. The van der Waals surface area contributed by atoms with Gasteiger partial charge in [-0.2, -0.15) is 11.8 Å². The van der Waals surface area contributed by atoms with Crippen LogP contribution in [0.3, 0.4) is 0 Å². The minimum Gasteiger partial charge on any atom is -0.374 e. The Morgan fingerprint density at radius 1 is 0.517 bits per heavy atom. The molecule has 0 spiro atoms. The highest BCUT2D eigenvalue weighted by Crippen LogP contribution is 2.30. The van der Waals surface area contributed by atoms with Crippen LogP contribution in [0.25, 0.3) is 0 Å². The van der Waals surface area contributed by atoms with Gasteiger partial charge in [0.15, 0.2) is 0 Å². The van der Waals surface area contributed by atoms with Crippen molar-refractivity contribution < 1.29 is 26.6 Å². The van der Waals surface area contributed by atoms with Crippen LogP contribution < -0.4 is 0 Å². The molecule has 6 nitrogen and oxygen atoms in total. The molecule has 0 aromatic carbocycles. The summed E-state index contributed by atoms with van der Waals surface area (Å²) in [6.07, 6.45) is 2.04. The average molecular weight is 471 g/mol. The van der Waals surface area contributed by atoms with Crippen LogP contribution in [0.2, 0.25) is 12.1 Å². The molecule has 0 aromatic rings. The van der Waals surface area contributed by atoms with Crippen LogP contribution in [0.1, 0.15) is 68.2 Å². The van der Waals surface area contributed by atoms with Crippen LogP contribution in [-0.2, 0) is 26.6 Å². The van der Waals surface area contributed by atoms with Gasteiger partial charge in [0.2, 0.25) is 0 Å². The highest BCUT2D eigenvalue weighted by molar-refractivity contribution is 8.00.